The molecule has 11 heteroatoms. The van der Waals surface area contributed by atoms with Crippen LogP contribution in [-0.2, 0) is 24.3 Å². The number of sulfonamides is 1. The second-order valence-corrected chi connectivity index (χ2v) is 9.29. The third kappa shape index (κ3) is 4.39. The highest BCUT2D eigenvalue weighted by Crippen LogP contribution is 2.34. The number of fused-ring (bicyclic) bond motifs is 1. The fraction of sp³-hybridized carbons (Fsp3) is 0.263. The number of benzene rings is 2. The number of methoxy groups -OCH3 is 1. The fourth-order valence-corrected chi connectivity index (χ4v) is 4.78. The van der Waals surface area contributed by atoms with Gasteiger partial charge in [0.05, 0.1) is 30.9 Å². The first kappa shape index (κ1) is 22.4. The molecule has 1 atom stereocenters. The third-order valence-corrected chi connectivity index (χ3v) is 7.00. The van der Waals surface area contributed by atoms with Crippen LogP contribution in [0, 0.1) is 0 Å². The zero-order chi connectivity index (χ0) is 22.1. The Morgan fingerprint density at radius 3 is 2.63 bits per heavy atom. The molecular weight excluding hydrogens is 455 g/mol. The van der Waals surface area contributed by atoms with Gasteiger partial charge in [-0.05, 0) is 30.3 Å². The molecule has 3 rings (SSSR count). The third-order valence-electron chi connectivity index (χ3n) is 4.48. The summed E-state index contributed by atoms with van der Waals surface area (Å²) in [5, 5.41) is 0.182. The maximum absolute atomic E-state index is 13.0. The second-order valence-electron chi connectivity index (χ2n) is 6.44. The molecule has 8 nitrogen and oxygen atoms in total. The van der Waals surface area contributed by atoms with Crippen LogP contribution in [0.2, 0.25) is 10.0 Å². The molecule has 2 aromatic carbocycles. The van der Waals surface area contributed by atoms with Crippen LogP contribution < -0.4 is 9.64 Å². The number of carbonyl (C=O) groups excluding carboxylic acids is 2. The molecule has 0 fully saturated rings. The lowest BCUT2D eigenvalue weighted by Gasteiger charge is -2.34. The van der Waals surface area contributed by atoms with E-state index in [1.165, 1.54) is 37.3 Å². The molecule has 0 saturated heterocycles. The lowest BCUT2D eigenvalue weighted by molar-refractivity contribution is -0.148. The largest absolute Gasteiger partial charge is 0.475 e. The lowest BCUT2D eigenvalue weighted by Crippen LogP contribution is -2.50. The van der Waals surface area contributed by atoms with E-state index in [1.807, 2.05) is 0 Å². The van der Waals surface area contributed by atoms with Gasteiger partial charge in [0.15, 0.2) is 0 Å². The molecule has 1 aliphatic rings. The van der Waals surface area contributed by atoms with Gasteiger partial charge in [-0.1, -0.05) is 35.3 Å². The summed E-state index contributed by atoms with van der Waals surface area (Å²) in [4.78, 5) is 26.1. The van der Waals surface area contributed by atoms with Crippen LogP contribution in [0.3, 0.4) is 0 Å². The maximum Gasteiger partial charge on any atom is 0.348 e. The summed E-state index contributed by atoms with van der Waals surface area (Å²) in [5.74, 6) is -0.881. The van der Waals surface area contributed by atoms with E-state index < -0.39 is 34.5 Å². The molecule has 1 heterocycles. The smallest absolute Gasteiger partial charge is 0.348 e. The minimum atomic E-state index is -4.09. The number of esters is 1. The molecule has 0 bridgehead atoms. The molecule has 0 aromatic heterocycles. The van der Waals surface area contributed by atoms with Crippen molar-refractivity contribution in [1.82, 2.24) is 4.31 Å². The van der Waals surface area contributed by atoms with E-state index in [4.69, 9.17) is 32.7 Å². The molecule has 0 aliphatic carbocycles. The van der Waals surface area contributed by atoms with Crippen molar-refractivity contribution < 1.29 is 27.5 Å². The number of nitrogens with zero attached hydrogens (tertiary/aromatic N) is 2. The number of anilines is 1. The average molecular weight is 473 g/mol. The van der Waals surface area contributed by atoms with Gasteiger partial charge in [-0.25, -0.2) is 13.2 Å². The highest BCUT2D eigenvalue weighted by Gasteiger charge is 2.36. The summed E-state index contributed by atoms with van der Waals surface area (Å²) in [7, 11) is -1.62. The predicted molar refractivity (Wildman–Crippen MR) is 112 cm³/mol. The summed E-state index contributed by atoms with van der Waals surface area (Å²) >= 11 is 11.9. The van der Waals surface area contributed by atoms with Crippen molar-refractivity contribution in [3.63, 3.8) is 0 Å². The number of hydrogen-bond donors (Lipinski definition) is 0. The number of para-hydroxylation sites is 2. The van der Waals surface area contributed by atoms with Gasteiger partial charge in [-0.15, -0.1) is 0 Å². The van der Waals surface area contributed by atoms with E-state index in [0.29, 0.717) is 11.4 Å². The summed E-state index contributed by atoms with van der Waals surface area (Å²) in [5.41, 5.74) is 0.425. The number of halogens is 2. The zero-order valence-corrected chi connectivity index (χ0v) is 18.4. The number of rotatable bonds is 5. The highest BCUT2D eigenvalue weighted by atomic mass is 35.5. The summed E-state index contributed by atoms with van der Waals surface area (Å²) < 4.78 is 37.0. The molecule has 2 aromatic rings. The Kier molecular flexibility index (Phi) is 6.56. The number of amides is 1. The van der Waals surface area contributed by atoms with Crippen molar-refractivity contribution in [2.45, 2.75) is 11.0 Å². The van der Waals surface area contributed by atoms with Crippen LogP contribution in [0.4, 0.5) is 5.69 Å². The highest BCUT2D eigenvalue weighted by molar-refractivity contribution is 7.89. The molecule has 0 N–H and O–H groups in total. The van der Waals surface area contributed by atoms with Crippen molar-refractivity contribution in [2.75, 3.05) is 32.1 Å². The molecule has 1 amide bonds. The SMILES string of the molecule is COC(=O)[C@@H]1CN(C(=O)CN(C)S(=O)(=O)c2cc(Cl)ccc2Cl)c2ccccc2O1. The standard InChI is InChI=1S/C19H18Cl2N2O6S/c1-22(30(26,27)17-9-12(20)7-8-13(17)21)11-18(24)23-10-16(19(25)28-2)29-15-6-4-3-5-14(15)23/h3-9,16H,10-11H2,1-2H3/t16-/m0/s1. The first-order chi connectivity index (χ1) is 14.1. The predicted octanol–water partition coefficient (Wildman–Crippen LogP) is 2.58. The van der Waals surface area contributed by atoms with Gasteiger partial charge in [-0.3, -0.25) is 4.79 Å². The molecule has 160 valence electrons. The quantitative estimate of drug-likeness (QED) is 0.620. The van der Waals surface area contributed by atoms with E-state index in [-0.39, 0.29) is 21.5 Å². The van der Waals surface area contributed by atoms with Gasteiger partial charge in [-0.2, -0.15) is 4.31 Å². The van der Waals surface area contributed by atoms with E-state index in [0.717, 1.165) is 4.31 Å². The van der Waals surface area contributed by atoms with Crippen LogP contribution in [0.15, 0.2) is 47.4 Å². The monoisotopic (exact) mass is 472 g/mol. The topological polar surface area (TPSA) is 93.2 Å². The maximum atomic E-state index is 13.0. The fourth-order valence-electron chi connectivity index (χ4n) is 2.93. The van der Waals surface area contributed by atoms with Gasteiger partial charge < -0.3 is 14.4 Å². The lowest BCUT2D eigenvalue weighted by atomic mass is 10.2. The average Bonchev–Trinajstić information content (AvgIpc) is 2.73. The van der Waals surface area contributed by atoms with Crippen molar-refractivity contribution in [2.24, 2.45) is 0 Å². The molecule has 0 spiro atoms. The van der Waals surface area contributed by atoms with Crippen LogP contribution in [0.1, 0.15) is 0 Å². The number of carbonyl (C=O) groups is 2. The molecule has 0 unspecified atom stereocenters. The number of ether oxygens (including phenoxy) is 2. The van der Waals surface area contributed by atoms with Gasteiger partial charge in [0, 0.05) is 12.1 Å². The van der Waals surface area contributed by atoms with E-state index in [9.17, 15) is 18.0 Å². The Bertz CT molecular complexity index is 1090. The second kappa shape index (κ2) is 8.81. The summed E-state index contributed by atoms with van der Waals surface area (Å²) in [6.45, 7) is -0.609. The van der Waals surface area contributed by atoms with Gasteiger partial charge in [0.2, 0.25) is 22.0 Å². The first-order valence-corrected chi connectivity index (χ1v) is 10.9. The van der Waals surface area contributed by atoms with Gasteiger partial charge >= 0.3 is 5.97 Å². The zero-order valence-electron chi connectivity index (χ0n) is 16.0. The molecule has 0 radical (unpaired) electrons. The van der Waals surface area contributed by atoms with Crippen molar-refractivity contribution in [3.05, 3.63) is 52.5 Å². The van der Waals surface area contributed by atoms with E-state index in [2.05, 4.69) is 0 Å². The Morgan fingerprint density at radius 1 is 1.23 bits per heavy atom. The Balaban J connectivity index is 1.87. The summed E-state index contributed by atoms with van der Waals surface area (Å²) in [6, 6.07) is 10.7. The number of hydrogen-bond acceptors (Lipinski definition) is 6. The van der Waals surface area contributed by atoms with E-state index in [1.54, 1.807) is 24.3 Å². The molecule has 1 aliphatic heterocycles. The van der Waals surface area contributed by atoms with Gasteiger partial charge in [0.25, 0.3) is 0 Å². The summed E-state index contributed by atoms with van der Waals surface area (Å²) in [6.07, 6.45) is -1.03. The van der Waals surface area contributed by atoms with Gasteiger partial charge in [0.1, 0.15) is 10.6 Å². The Morgan fingerprint density at radius 2 is 1.93 bits per heavy atom. The minimum absolute atomic E-state index is 0.0128. The van der Waals surface area contributed by atoms with Crippen molar-refractivity contribution >= 4 is 50.8 Å². The number of likely N-dealkylation sites (N-methyl/N-ethyl adjacent to an activating group) is 1. The van der Waals surface area contributed by atoms with E-state index >= 15 is 0 Å². The molecule has 30 heavy (non-hydrogen) atoms. The Labute approximate surface area is 183 Å². The normalized spacial score (nSPS) is 16.0. The van der Waals surface area contributed by atoms with Crippen LogP contribution in [0.5, 0.6) is 5.75 Å². The van der Waals surface area contributed by atoms with Crippen LogP contribution >= 0.6 is 23.2 Å². The van der Waals surface area contributed by atoms with Crippen molar-refractivity contribution in [1.29, 1.82) is 0 Å². The Hall–Kier alpha value is -2.33. The van der Waals surface area contributed by atoms with Crippen LogP contribution in [-0.4, -0.2) is 58.0 Å². The van der Waals surface area contributed by atoms with Crippen molar-refractivity contribution in [3.8, 4) is 5.75 Å². The van der Waals surface area contributed by atoms with Crippen LogP contribution in [0.25, 0.3) is 0 Å². The molecule has 0 saturated carbocycles. The minimum Gasteiger partial charge on any atom is -0.475 e. The first-order valence-electron chi connectivity index (χ1n) is 8.70. The molecular formula is C19H18Cl2N2O6S.